The lowest BCUT2D eigenvalue weighted by Gasteiger charge is -2.10. The Bertz CT molecular complexity index is 519. The molecule has 0 fully saturated rings. The van der Waals surface area contributed by atoms with Gasteiger partial charge in [0.25, 0.3) is 0 Å². The normalized spacial score (nSPS) is 10.6. The fraction of sp³-hybridized carbons (Fsp3) is 0.333. The van der Waals surface area contributed by atoms with Gasteiger partial charge < -0.3 is 4.74 Å². The molecule has 0 amide bonds. The number of aromatic nitrogens is 4. The number of hydrogen-bond donors (Lipinski definition) is 0. The SMILES string of the molecule is CC(C)n1ncnc1COc1ccc(C=O)nc1. The van der Waals surface area contributed by atoms with E-state index in [9.17, 15) is 4.79 Å². The first kappa shape index (κ1) is 12.2. The number of rotatable bonds is 5. The van der Waals surface area contributed by atoms with Gasteiger partial charge in [-0.25, -0.2) is 14.6 Å². The molecule has 0 aliphatic carbocycles. The fourth-order valence-electron chi connectivity index (χ4n) is 1.50. The van der Waals surface area contributed by atoms with Crippen LogP contribution in [0.3, 0.4) is 0 Å². The van der Waals surface area contributed by atoms with Crippen molar-refractivity contribution in [3.63, 3.8) is 0 Å². The van der Waals surface area contributed by atoms with Gasteiger partial charge in [-0.1, -0.05) is 0 Å². The molecule has 2 aromatic rings. The Morgan fingerprint density at radius 1 is 1.39 bits per heavy atom. The summed E-state index contributed by atoms with van der Waals surface area (Å²) in [6.45, 7) is 4.37. The molecule has 0 aromatic carbocycles. The smallest absolute Gasteiger partial charge is 0.168 e. The third-order valence-corrected chi connectivity index (χ3v) is 2.38. The summed E-state index contributed by atoms with van der Waals surface area (Å²) in [6.07, 6.45) is 3.71. The summed E-state index contributed by atoms with van der Waals surface area (Å²) in [6, 6.07) is 3.55. The van der Waals surface area contributed by atoms with Crippen LogP contribution in [-0.4, -0.2) is 26.0 Å². The molecule has 2 aromatic heterocycles. The van der Waals surface area contributed by atoms with E-state index in [0.717, 1.165) is 5.82 Å². The van der Waals surface area contributed by atoms with Crippen molar-refractivity contribution >= 4 is 6.29 Å². The standard InChI is InChI=1S/C12H14N4O2/c1-9(2)16-12(14-8-15-16)7-18-11-4-3-10(6-17)13-5-11/h3-6,8-9H,7H2,1-2H3. The van der Waals surface area contributed by atoms with Gasteiger partial charge in [-0.2, -0.15) is 5.10 Å². The number of pyridine rings is 1. The van der Waals surface area contributed by atoms with Gasteiger partial charge in [-0.3, -0.25) is 4.79 Å². The Kier molecular flexibility index (Phi) is 3.66. The first-order valence-electron chi connectivity index (χ1n) is 5.63. The first-order valence-corrected chi connectivity index (χ1v) is 5.63. The highest BCUT2D eigenvalue weighted by molar-refractivity contribution is 5.71. The molecular weight excluding hydrogens is 232 g/mol. The maximum absolute atomic E-state index is 10.5. The highest BCUT2D eigenvalue weighted by atomic mass is 16.5. The van der Waals surface area contributed by atoms with Gasteiger partial charge in [0.05, 0.1) is 6.20 Å². The molecule has 0 saturated carbocycles. The van der Waals surface area contributed by atoms with Gasteiger partial charge in [0.2, 0.25) is 0 Å². The minimum absolute atomic E-state index is 0.238. The van der Waals surface area contributed by atoms with E-state index in [0.29, 0.717) is 24.3 Å². The van der Waals surface area contributed by atoms with Gasteiger partial charge >= 0.3 is 0 Å². The summed E-state index contributed by atoms with van der Waals surface area (Å²) in [5, 5.41) is 4.12. The Hall–Kier alpha value is -2.24. The zero-order valence-corrected chi connectivity index (χ0v) is 10.3. The van der Waals surface area contributed by atoms with Gasteiger partial charge in [-0.15, -0.1) is 0 Å². The van der Waals surface area contributed by atoms with Gasteiger partial charge in [-0.05, 0) is 26.0 Å². The Morgan fingerprint density at radius 2 is 2.22 bits per heavy atom. The molecule has 2 heterocycles. The number of hydrogen-bond acceptors (Lipinski definition) is 5. The molecule has 0 aliphatic rings. The van der Waals surface area contributed by atoms with Crippen molar-refractivity contribution in [1.29, 1.82) is 0 Å². The van der Waals surface area contributed by atoms with Gasteiger partial charge in [0, 0.05) is 6.04 Å². The van der Waals surface area contributed by atoms with E-state index in [1.807, 2.05) is 13.8 Å². The molecule has 0 aliphatic heterocycles. The zero-order valence-electron chi connectivity index (χ0n) is 10.3. The Labute approximate surface area is 105 Å². The zero-order chi connectivity index (χ0) is 13.0. The molecule has 94 valence electrons. The minimum atomic E-state index is 0.238. The second-order valence-electron chi connectivity index (χ2n) is 4.04. The van der Waals surface area contributed by atoms with Crippen molar-refractivity contribution in [1.82, 2.24) is 19.7 Å². The van der Waals surface area contributed by atoms with E-state index in [2.05, 4.69) is 15.1 Å². The largest absolute Gasteiger partial charge is 0.484 e. The van der Waals surface area contributed by atoms with Crippen molar-refractivity contribution in [3.05, 3.63) is 36.2 Å². The third kappa shape index (κ3) is 2.71. The lowest BCUT2D eigenvalue weighted by Crippen LogP contribution is -2.10. The molecule has 0 saturated heterocycles. The fourth-order valence-corrected chi connectivity index (χ4v) is 1.50. The summed E-state index contributed by atoms with van der Waals surface area (Å²) < 4.78 is 7.34. The van der Waals surface area contributed by atoms with Crippen LogP contribution in [0.5, 0.6) is 5.75 Å². The van der Waals surface area contributed by atoms with E-state index < -0.39 is 0 Å². The maximum Gasteiger partial charge on any atom is 0.168 e. The molecule has 0 N–H and O–H groups in total. The van der Waals surface area contributed by atoms with Crippen LogP contribution in [0, 0.1) is 0 Å². The van der Waals surface area contributed by atoms with Crippen LogP contribution in [-0.2, 0) is 6.61 Å². The van der Waals surface area contributed by atoms with Crippen LogP contribution in [0.25, 0.3) is 0 Å². The number of carbonyl (C=O) groups excluding carboxylic acids is 1. The molecular formula is C12H14N4O2. The lowest BCUT2D eigenvalue weighted by molar-refractivity contribution is 0.111. The van der Waals surface area contributed by atoms with Crippen LogP contribution in [0.4, 0.5) is 0 Å². The summed E-state index contributed by atoms with van der Waals surface area (Å²) in [5.74, 6) is 1.35. The summed E-state index contributed by atoms with van der Waals surface area (Å²) in [7, 11) is 0. The van der Waals surface area contributed by atoms with Crippen molar-refractivity contribution in [2.75, 3.05) is 0 Å². The molecule has 0 bridgehead atoms. The minimum Gasteiger partial charge on any atom is -0.484 e. The van der Waals surface area contributed by atoms with Crippen LogP contribution in [0.1, 0.15) is 36.2 Å². The van der Waals surface area contributed by atoms with Crippen molar-refractivity contribution in [2.45, 2.75) is 26.5 Å². The highest BCUT2D eigenvalue weighted by Crippen LogP contribution is 2.12. The number of aldehydes is 1. The maximum atomic E-state index is 10.5. The molecule has 6 nitrogen and oxygen atoms in total. The average molecular weight is 246 g/mol. The lowest BCUT2D eigenvalue weighted by atomic mass is 10.3. The van der Waals surface area contributed by atoms with E-state index >= 15 is 0 Å². The second kappa shape index (κ2) is 5.39. The van der Waals surface area contributed by atoms with E-state index in [1.165, 1.54) is 12.5 Å². The van der Waals surface area contributed by atoms with Crippen molar-refractivity contribution in [3.8, 4) is 5.75 Å². The first-order chi connectivity index (χ1) is 8.70. The van der Waals surface area contributed by atoms with Crippen LogP contribution >= 0.6 is 0 Å². The van der Waals surface area contributed by atoms with Gasteiger partial charge in [0.15, 0.2) is 12.1 Å². The number of ether oxygens (including phenoxy) is 1. The van der Waals surface area contributed by atoms with Crippen molar-refractivity contribution in [2.24, 2.45) is 0 Å². The third-order valence-electron chi connectivity index (χ3n) is 2.38. The van der Waals surface area contributed by atoms with E-state index in [-0.39, 0.29) is 6.04 Å². The molecule has 2 rings (SSSR count). The topological polar surface area (TPSA) is 69.9 Å². The van der Waals surface area contributed by atoms with E-state index in [1.54, 1.807) is 16.8 Å². The molecule has 0 spiro atoms. The van der Waals surface area contributed by atoms with Crippen LogP contribution in [0.15, 0.2) is 24.7 Å². The second-order valence-corrected chi connectivity index (χ2v) is 4.04. The quantitative estimate of drug-likeness (QED) is 0.750. The highest BCUT2D eigenvalue weighted by Gasteiger charge is 2.08. The molecule has 0 radical (unpaired) electrons. The predicted octanol–water partition coefficient (Wildman–Crippen LogP) is 1.65. The monoisotopic (exact) mass is 246 g/mol. The molecule has 0 atom stereocenters. The summed E-state index contributed by atoms with van der Waals surface area (Å²) in [5.41, 5.74) is 0.382. The Morgan fingerprint density at radius 3 is 2.83 bits per heavy atom. The van der Waals surface area contributed by atoms with Crippen molar-refractivity contribution < 1.29 is 9.53 Å². The summed E-state index contributed by atoms with van der Waals surface area (Å²) in [4.78, 5) is 18.5. The van der Waals surface area contributed by atoms with Gasteiger partial charge in [0.1, 0.15) is 24.4 Å². The number of nitrogens with zero attached hydrogens (tertiary/aromatic N) is 4. The molecule has 6 heteroatoms. The average Bonchev–Trinajstić information content (AvgIpc) is 2.85. The Balaban J connectivity index is 2.02. The molecule has 0 unspecified atom stereocenters. The van der Waals surface area contributed by atoms with Crippen LogP contribution in [0.2, 0.25) is 0 Å². The summed E-state index contributed by atoms with van der Waals surface area (Å²) >= 11 is 0. The number of carbonyl (C=O) groups is 1. The molecule has 18 heavy (non-hydrogen) atoms. The van der Waals surface area contributed by atoms with Crippen LogP contribution < -0.4 is 4.74 Å². The van der Waals surface area contributed by atoms with E-state index in [4.69, 9.17) is 4.74 Å². The predicted molar refractivity (Wildman–Crippen MR) is 64.4 cm³/mol.